The van der Waals surface area contributed by atoms with Crippen LogP contribution in [0.2, 0.25) is 0 Å². The SMILES string of the molecule is CC(C)Oc1ccc(-c2cccc3nc(NC(=O)C4CC4)nn23)cc1. The molecule has 0 spiro atoms. The standard InChI is InChI=1S/C19H20N4O2/c1-12(2)25-15-10-8-13(9-11-15)16-4-3-5-17-20-19(22-23(16)17)21-18(24)14-6-7-14/h3-5,8-12,14H,6-7H2,1-2H3,(H,21,22,24). The highest BCUT2D eigenvalue weighted by atomic mass is 16.5. The summed E-state index contributed by atoms with van der Waals surface area (Å²) in [6.45, 7) is 4.00. The fourth-order valence-corrected chi connectivity index (χ4v) is 2.71. The molecule has 0 aliphatic heterocycles. The topological polar surface area (TPSA) is 68.5 Å². The third-order valence-corrected chi connectivity index (χ3v) is 4.06. The van der Waals surface area contributed by atoms with Crippen molar-refractivity contribution < 1.29 is 9.53 Å². The maximum atomic E-state index is 11.9. The van der Waals surface area contributed by atoms with Crippen molar-refractivity contribution in [1.82, 2.24) is 14.6 Å². The van der Waals surface area contributed by atoms with Gasteiger partial charge in [0, 0.05) is 11.5 Å². The van der Waals surface area contributed by atoms with Crippen LogP contribution in [0.25, 0.3) is 16.9 Å². The van der Waals surface area contributed by atoms with Crippen LogP contribution < -0.4 is 10.1 Å². The molecule has 3 aromatic rings. The summed E-state index contributed by atoms with van der Waals surface area (Å²) in [4.78, 5) is 16.3. The Morgan fingerprint density at radius 3 is 2.64 bits per heavy atom. The van der Waals surface area contributed by atoms with E-state index in [4.69, 9.17) is 4.74 Å². The molecule has 4 rings (SSSR count). The summed E-state index contributed by atoms with van der Waals surface area (Å²) in [6.07, 6.45) is 2.05. The first kappa shape index (κ1) is 15.6. The van der Waals surface area contributed by atoms with Crippen molar-refractivity contribution in [3.05, 3.63) is 42.5 Å². The summed E-state index contributed by atoms with van der Waals surface area (Å²) < 4.78 is 7.44. The smallest absolute Gasteiger partial charge is 0.249 e. The highest BCUT2D eigenvalue weighted by Crippen LogP contribution is 2.30. The predicted octanol–water partition coefficient (Wildman–Crippen LogP) is 3.53. The van der Waals surface area contributed by atoms with E-state index in [9.17, 15) is 4.79 Å². The zero-order chi connectivity index (χ0) is 17.4. The summed E-state index contributed by atoms with van der Waals surface area (Å²) in [6, 6.07) is 13.7. The number of benzene rings is 1. The molecule has 0 bridgehead atoms. The van der Waals surface area contributed by atoms with E-state index in [1.165, 1.54) is 0 Å². The fourth-order valence-electron chi connectivity index (χ4n) is 2.71. The number of aromatic nitrogens is 3. The van der Waals surface area contributed by atoms with Crippen LogP contribution in [-0.2, 0) is 4.79 Å². The number of rotatable bonds is 5. The molecule has 128 valence electrons. The Morgan fingerprint density at radius 1 is 1.20 bits per heavy atom. The molecule has 1 saturated carbocycles. The van der Waals surface area contributed by atoms with Crippen LogP contribution in [0, 0.1) is 5.92 Å². The number of nitrogens with zero attached hydrogens (tertiary/aromatic N) is 3. The Balaban J connectivity index is 1.64. The lowest BCUT2D eigenvalue weighted by Gasteiger charge is -2.10. The number of amides is 1. The number of fused-ring (bicyclic) bond motifs is 1. The number of hydrogen-bond donors (Lipinski definition) is 1. The van der Waals surface area contributed by atoms with Gasteiger partial charge in [0.05, 0.1) is 11.8 Å². The zero-order valence-corrected chi connectivity index (χ0v) is 14.3. The van der Waals surface area contributed by atoms with Crippen LogP contribution in [0.1, 0.15) is 26.7 Å². The van der Waals surface area contributed by atoms with E-state index >= 15 is 0 Å². The second-order valence-corrected chi connectivity index (χ2v) is 6.57. The second-order valence-electron chi connectivity index (χ2n) is 6.57. The first-order chi connectivity index (χ1) is 12.1. The lowest BCUT2D eigenvalue weighted by Crippen LogP contribution is -2.14. The van der Waals surface area contributed by atoms with Crippen molar-refractivity contribution in [3.63, 3.8) is 0 Å². The summed E-state index contributed by atoms with van der Waals surface area (Å²) in [5.41, 5.74) is 2.62. The second kappa shape index (κ2) is 6.20. The molecule has 1 fully saturated rings. The summed E-state index contributed by atoms with van der Waals surface area (Å²) in [5.74, 6) is 1.32. The van der Waals surface area contributed by atoms with Gasteiger partial charge in [-0.15, -0.1) is 5.10 Å². The summed E-state index contributed by atoms with van der Waals surface area (Å²) >= 11 is 0. The number of nitrogens with one attached hydrogen (secondary N) is 1. The number of carbonyl (C=O) groups is 1. The number of hydrogen-bond acceptors (Lipinski definition) is 4. The van der Waals surface area contributed by atoms with Crippen LogP contribution in [0.15, 0.2) is 42.5 Å². The van der Waals surface area contributed by atoms with Gasteiger partial charge in [-0.25, -0.2) is 4.52 Å². The van der Waals surface area contributed by atoms with Crippen LogP contribution in [0.3, 0.4) is 0 Å². The molecule has 1 aromatic carbocycles. The molecule has 1 aliphatic rings. The molecule has 1 N–H and O–H groups in total. The van der Waals surface area contributed by atoms with Crippen molar-refractivity contribution in [2.24, 2.45) is 5.92 Å². The fraction of sp³-hybridized carbons (Fsp3) is 0.316. The highest BCUT2D eigenvalue weighted by molar-refractivity contribution is 5.92. The Morgan fingerprint density at radius 2 is 1.96 bits per heavy atom. The van der Waals surface area contributed by atoms with Gasteiger partial charge in [-0.3, -0.25) is 10.1 Å². The van der Waals surface area contributed by atoms with Gasteiger partial charge >= 0.3 is 0 Å². The maximum Gasteiger partial charge on any atom is 0.249 e. The van der Waals surface area contributed by atoms with E-state index in [1.54, 1.807) is 4.52 Å². The minimum atomic E-state index is 0.00708. The third kappa shape index (κ3) is 3.33. The predicted molar refractivity (Wildman–Crippen MR) is 95.5 cm³/mol. The lowest BCUT2D eigenvalue weighted by atomic mass is 10.1. The normalized spacial score (nSPS) is 14.0. The average Bonchev–Trinajstić information content (AvgIpc) is 3.35. The minimum absolute atomic E-state index is 0.00708. The quantitative estimate of drug-likeness (QED) is 0.774. The zero-order valence-electron chi connectivity index (χ0n) is 14.3. The van der Waals surface area contributed by atoms with E-state index in [0.717, 1.165) is 29.8 Å². The average molecular weight is 336 g/mol. The molecule has 1 amide bonds. The third-order valence-electron chi connectivity index (χ3n) is 4.06. The molecule has 2 aromatic heterocycles. The summed E-state index contributed by atoms with van der Waals surface area (Å²) in [5, 5.41) is 7.25. The molecule has 1 aliphatic carbocycles. The van der Waals surface area contributed by atoms with Gasteiger partial charge in [-0.2, -0.15) is 4.98 Å². The van der Waals surface area contributed by atoms with E-state index in [1.807, 2.05) is 56.3 Å². The largest absolute Gasteiger partial charge is 0.491 e. The molecular formula is C19H20N4O2. The lowest BCUT2D eigenvalue weighted by molar-refractivity contribution is -0.117. The Kier molecular flexibility index (Phi) is 3.87. The van der Waals surface area contributed by atoms with Crippen molar-refractivity contribution in [2.75, 3.05) is 5.32 Å². The Bertz CT molecular complexity index is 911. The number of pyridine rings is 1. The Hall–Kier alpha value is -2.89. The van der Waals surface area contributed by atoms with E-state index in [0.29, 0.717) is 11.6 Å². The van der Waals surface area contributed by atoms with Crippen molar-refractivity contribution in [3.8, 4) is 17.0 Å². The van der Waals surface area contributed by atoms with Crippen molar-refractivity contribution in [2.45, 2.75) is 32.8 Å². The molecule has 0 atom stereocenters. The summed E-state index contributed by atoms with van der Waals surface area (Å²) in [7, 11) is 0. The number of anilines is 1. The van der Waals surface area contributed by atoms with Gasteiger partial charge in [0.1, 0.15) is 5.75 Å². The molecule has 6 heteroatoms. The van der Waals surface area contributed by atoms with Crippen LogP contribution in [-0.4, -0.2) is 26.6 Å². The molecule has 0 radical (unpaired) electrons. The van der Waals surface area contributed by atoms with Crippen molar-refractivity contribution in [1.29, 1.82) is 0 Å². The first-order valence-electron chi connectivity index (χ1n) is 8.54. The highest BCUT2D eigenvalue weighted by Gasteiger charge is 2.30. The number of carbonyl (C=O) groups excluding carboxylic acids is 1. The Labute approximate surface area is 145 Å². The van der Waals surface area contributed by atoms with Gasteiger partial charge in [-0.1, -0.05) is 6.07 Å². The minimum Gasteiger partial charge on any atom is -0.491 e. The van der Waals surface area contributed by atoms with Gasteiger partial charge in [0.15, 0.2) is 5.65 Å². The molecule has 0 saturated heterocycles. The monoisotopic (exact) mass is 336 g/mol. The molecule has 2 heterocycles. The number of ether oxygens (including phenoxy) is 1. The molecule has 25 heavy (non-hydrogen) atoms. The van der Waals surface area contributed by atoms with Gasteiger partial charge in [0.2, 0.25) is 11.9 Å². The maximum absolute atomic E-state index is 11.9. The van der Waals surface area contributed by atoms with Gasteiger partial charge in [0.25, 0.3) is 0 Å². The first-order valence-corrected chi connectivity index (χ1v) is 8.54. The molecule has 0 unspecified atom stereocenters. The van der Waals surface area contributed by atoms with Gasteiger partial charge in [-0.05, 0) is 63.1 Å². The molecular weight excluding hydrogens is 316 g/mol. The van der Waals surface area contributed by atoms with Crippen LogP contribution in [0.5, 0.6) is 5.75 Å². The van der Waals surface area contributed by atoms with Gasteiger partial charge < -0.3 is 4.74 Å². The molecule has 6 nitrogen and oxygen atoms in total. The van der Waals surface area contributed by atoms with Crippen molar-refractivity contribution >= 4 is 17.5 Å². The van der Waals surface area contributed by atoms with Crippen LogP contribution in [0.4, 0.5) is 5.95 Å². The van der Waals surface area contributed by atoms with E-state index < -0.39 is 0 Å². The van der Waals surface area contributed by atoms with E-state index in [2.05, 4.69) is 15.4 Å². The van der Waals surface area contributed by atoms with E-state index in [-0.39, 0.29) is 17.9 Å². The van der Waals surface area contributed by atoms with Crippen LogP contribution >= 0.6 is 0 Å².